The molecule has 0 saturated carbocycles. The topological polar surface area (TPSA) is 63.3 Å². The molecule has 1 saturated heterocycles. The van der Waals surface area contributed by atoms with Crippen molar-refractivity contribution in [1.29, 1.82) is 0 Å². The second-order valence-electron chi connectivity index (χ2n) is 2.47. The lowest BCUT2D eigenvalue weighted by Gasteiger charge is -2.24. The number of carboxylic acids is 1. The standard InChI is InChI=1S/C6H11NO2S/c7-5-3-10-2-1-4(5)6(8)9/h4-5H,1-3,7H2,(H,8,9)/t4-,5+/m0/s1. The quantitative estimate of drug-likeness (QED) is 0.574. The molecule has 1 rings (SSSR count). The summed E-state index contributed by atoms with van der Waals surface area (Å²) in [5, 5.41) is 8.62. The van der Waals surface area contributed by atoms with Crippen LogP contribution in [0.1, 0.15) is 6.42 Å². The molecule has 0 aromatic rings. The molecule has 1 heterocycles. The Balaban J connectivity index is 2.47. The summed E-state index contributed by atoms with van der Waals surface area (Å²) in [6.07, 6.45) is 0.723. The molecule has 0 radical (unpaired) electrons. The summed E-state index contributed by atoms with van der Waals surface area (Å²) in [7, 11) is 0. The molecule has 58 valence electrons. The number of aliphatic carboxylic acids is 1. The molecule has 3 nitrogen and oxygen atoms in total. The van der Waals surface area contributed by atoms with E-state index in [4.69, 9.17) is 10.8 Å². The number of thioether (sulfide) groups is 1. The average Bonchev–Trinajstić information content (AvgIpc) is 1.88. The predicted octanol–water partition coefficient (Wildman–Crippen LogP) is 0.151. The second kappa shape index (κ2) is 3.25. The average molecular weight is 161 g/mol. The van der Waals surface area contributed by atoms with Gasteiger partial charge in [-0.25, -0.2) is 0 Å². The Morgan fingerprint density at radius 3 is 2.80 bits per heavy atom. The van der Waals surface area contributed by atoms with E-state index < -0.39 is 5.97 Å². The normalized spacial score (nSPS) is 33.7. The number of hydrogen-bond donors (Lipinski definition) is 2. The Labute approximate surface area is 64.0 Å². The van der Waals surface area contributed by atoms with Gasteiger partial charge in [0, 0.05) is 11.8 Å². The van der Waals surface area contributed by atoms with Gasteiger partial charge in [-0.1, -0.05) is 0 Å². The van der Waals surface area contributed by atoms with Crippen molar-refractivity contribution in [1.82, 2.24) is 0 Å². The van der Waals surface area contributed by atoms with Crippen LogP contribution in [0.4, 0.5) is 0 Å². The van der Waals surface area contributed by atoms with Gasteiger partial charge in [-0.05, 0) is 12.2 Å². The van der Waals surface area contributed by atoms with Gasteiger partial charge in [-0.2, -0.15) is 11.8 Å². The highest BCUT2D eigenvalue weighted by atomic mass is 32.2. The maximum atomic E-state index is 10.5. The molecular formula is C6H11NO2S. The fourth-order valence-corrected chi connectivity index (χ4v) is 2.16. The lowest BCUT2D eigenvalue weighted by atomic mass is 9.99. The van der Waals surface area contributed by atoms with Crippen molar-refractivity contribution in [2.75, 3.05) is 11.5 Å². The third-order valence-corrected chi connectivity index (χ3v) is 2.86. The minimum atomic E-state index is -0.743. The van der Waals surface area contributed by atoms with Crippen LogP contribution in [0.25, 0.3) is 0 Å². The Hall–Kier alpha value is -0.220. The van der Waals surface area contributed by atoms with Gasteiger partial charge in [-0.15, -0.1) is 0 Å². The van der Waals surface area contributed by atoms with E-state index in [9.17, 15) is 4.79 Å². The molecule has 10 heavy (non-hydrogen) atoms. The fourth-order valence-electron chi connectivity index (χ4n) is 1.07. The highest BCUT2D eigenvalue weighted by Gasteiger charge is 2.27. The first-order valence-electron chi connectivity index (χ1n) is 3.28. The third-order valence-electron chi connectivity index (χ3n) is 1.72. The summed E-state index contributed by atoms with van der Waals surface area (Å²) >= 11 is 1.74. The Morgan fingerprint density at radius 2 is 2.40 bits per heavy atom. The molecule has 1 fully saturated rings. The number of hydrogen-bond acceptors (Lipinski definition) is 3. The number of carboxylic acid groups (broad SMARTS) is 1. The molecule has 0 unspecified atom stereocenters. The predicted molar refractivity (Wildman–Crippen MR) is 41.0 cm³/mol. The lowest BCUT2D eigenvalue weighted by Crippen LogP contribution is -2.40. The van der Waals surface area contributed by atoms with Crippen LogP contribution < -0.4 is 5.73 Å². The van der Waals surface area contributed by atoms with E-state index in [1.165, 1.54) is 0 Å². The largest absolute Gasteiger partial charge is 0.481 e. The molecule has 4 heteroatoms. The van der Waals surface area contributed by atoms with E-state index in [-0.39, 0.29) is 12.0 Å². The third kappa shape index (κ3) is 1.64. The van der Waals surface area contributed by atoms with Crippen LogP contribution in [0.3, 0.4) is 0 Å². The SMILES string of the molecule is N[C@@H]1CSCC[C@@H]1C(=O)O. The summed E-state index contributed by atoms with van der Waals surface area (Å²) in [5.41, 5.74) is 5.58. The Kier molecular flexibility index (Phi) is 2.56. The van der Waals surface area contributed by atoms with E-state index in [2.05, 4.69) is 0 Å². The minimum Gasteiger partial charge on any atom is -0.481 e. The van der Waals surface area contributed by atoms with Crippen molar-refractivity contribution in [3.63, 3.8) is 0 Å². The van der Waals surface area contributed by atoms with Gasteiger partial charge >= 0.3 is 5.97 Å². The smallest absolute Gasteiger partial charge is 0.308 e. The van der Waals surface area contributed by atoms with Crippen molar-refractivity contribution in [2.45, 2.75) is 12.5 Å². The van der Waals surface area contributed by atoms with Crippen LogP contribution in [-0.4, -0.2) is 28.6 Å². The molecule has 0 aliphatic carbocycles. The molecule has 0 aromatic heterocycles. The van der Waals surface area contributed by atoms with E-state index in [1.54, 1.807) is 11.8 Å². The van der Waals surface area contributed by atoms with Crippen LogP contribution in [0.2, 0.25) is 0 Å². The van der Waals surface area contributed by atoms with Gasteiger partial charge < -0.3 is 10.8 Å². The molecule has 0 amide bonds. The van der Waals surface area contributed by atoms with E-state index in [0.29, 0.717) is 0 Å². The zero-order valence-electron chi connectivity index (χ0n) is 5.62. The van der Waals surface area contributed by atoms with Gasteiger partial charge in [-0.3, -0.25) is 4.79 Å². The first-order chi connectivity index (χ1) is 4.72. The van der Waals surface area contributed by atoms with Crippen molar-refractivity contribution in [2.24, 2.45) is 11.7 Å². The van der Waals surface area contributed by atoms with Crippen LogP contribution in [0.15, 0.2) is 0 Å². The minimum absolute atomic E-state index is 0.142. The van der Waals surface area contributed by atoms with Crippen LogP contribution in [0, 0.1) is 5.92 Å². The number of rotatable bonds is 1. The van der Waals surface area contributed by atoms with Crippen LogP contribution in [0.5, 0.6) is 0 Å². The summed E-state index contributed by atoms with van der Waals surface area (Å²) in [6.45, 7) is 0. The molecule has 1 aliphatic heterocycles. The van der Waals surface area contributed by atoms with E-state index in [1.807, 2.05) is 0 Å². The first-order valence-corrected chi connectivity index (χ1v) is 4.43. The summed E-state index contributed by atoms with van der Waals surface area (Å²) in [4.78, 5) is 10.5. The van der Waals surface area contributed by atoms with Gasteiger partial charge in [0.1, 0.15) is 0 Å². The van der Waals surface area contributed by atoms with Gasteiger partial charge in [0.15, 0.2) is 0 Å². The van der Waals surface area contributed by atoms with Crippen molar-refractivity contribution < 1.29 is 9.90 Å². The zero-order chi connectivity index (χ0) is 7.56. The monoisotopic (exact) mass is 161 g/mol. The molecule has 3 N–H and O–H groups in total. The summed E-state index contributed by atoms with van der Waals surface area (Å²) < 4.78 is 0. The van der Waals surface area contributed by atoms with E-state index >= 15 is 0 Å². The molecule has 1 aliphatic rings. The molecular weight excluding hydrogens is 150 g/mol. The lowest BCUT2D eigenvalue weighted by molar-refractivity contribution is -0.142. The molecule has 0 spiro atoms. The Morgan fingerprint density at radius 1 is 1.70 bits per heavy atom. The van der Waals surface area contributed by atoms with Crippen molar-refractivity contribution in [3.8, 4) is 0 Å². The molecule has 0 bridgehead atoms. The molecule has 2 atom stereocenters. The van der Waals surface area contributed by atoms with Crippen LogP contribution in [-0.2, 0) is 4.79 Å². The summed E-state index contributed by atoms with van der Waals surface area (Å²) in [6, 6.07) is -0.142. The molecule has 0 aromatic carbocycles. The maximum Gasteiger partial charge on any atom is 0.308 e. The summed E-state index contributed by atoms with van der Waals surface area (Å²) in [5.74, 6) is 0.677. The van der Waals surface area contributed by atoms with Gasteiger partial charge in [0.25, 0.3) is 0 Å². The highest BCUT2D eigenvalue weighted by molar-refractivity contribution is 7.99. The fraction of sp³-hybridized carbons (Fsp3) is 0.833. The highest BCUT2D eigenvalue weighted by Crippen LogP contribution is 2.21. The first kappa shape index (κ1) is 7.88. The maximum absolute atomic E-state index is 10.5. The zero-order valence-corrected chi connectivity index (χ0v) is 6.43. The van der Waals surface area contributed by atoms with Crippen molar-refractivity contribution >= 4 is 17.7 Å². The number of carbonyl (C=O) groups is 1. The van der Waals surface area contributed by atoms with E-state index in [0.717, 1.165) is 17.9 Å². The Bertz CT molecular complexity index is 140. The van der Waals surface area contributed by atoms with Gasteiger partial charge in [0.2, 0.25) is 0 Å². The number of nitrogens with two attached hydrogens (primary N) is 1. The van der Waals surface area contributed by atoms with Gasteiger partial charge in [0.05, 0.1) is 5.92 Å². The van der Waals surface area contributed by atoms with Crippen LogP contribution >= 0.6 is 11.8 Å². The second-order valence-corrected chi connectivity index (χ2v) is 3.62. The van der Waals surface area contributed by atoms with Crippen molar-refractivity contribution in [3.05, 3.63) is 0 Å².